The van der Waals surface area contributed by atoms with E-state index in [-0.39, 0.29) is 5.91 Å². The molecule has 3 aromatic rings. The largest absolute Gasteiger partial charge is 0.345 e. The van der Waals surface area contributed by atoms with Crippen molar-refractivity contribution in [3.63, 3.8) is 0 Å². The molecule has 0 bridgehead atoms. The van der Waals surface area contributed by atoms with Gasteiger partial charge < -0.3 is 10.2 Å². The molecule has 5 heteroatoms. The van der Waals surface area contributed by atoms with Crippen LogP contribution in [0.2, 0.25) is 5.02 Å². The van der Waals surface area contributed by atoms with Gasteiger partial charge in [0.15, 0.2) is 0 Å². The van der Waals surface area contributed by atoms with E-state index in [0.29, 0.717) is 10.7 Å². The van der Waals surface area contributed by atoms with Crippen LogP contribution in [-0.2, 0) is 4.79 Å². The number of para-hydroxylation sites is 1. The summed E-state index contributed by atoms with van der Waals surface area (Å²) in [6.07, 6.45) is -0.706. The molecule has 28 heavy (non-hydrogen) atoms. The Morgan fingerprint density at radius 3 is 2.46 bits per heavy atom. The van der Waals surface area contributed by atoms with Crippen molar-refractivity contribution in [2.45, 2.75) is 13.1 Å². The zero-order valence-corrected chi connectivity index (χ0v) is 16.4. The van der Waals surface area contributed by atoms with Gasteiger partial charge in [-0.05, 0) is 36.8 Å². The van der Waals surface area contributed by atoms with E-state index < -0.39 is 6.17 Å². The number of likely N-dealkylation sites (N-methyl/N-ethyl adjacent to an activating group) is 1. The number of fused-ring (bicyclic) bond motifs is 1. The van der Waals surface area contributed by atoms with Gasteiger partial charge in [0, 0.05) is 28.9 Å². The number of rotatable bonds is 3. The highest BCUT2D eigenvalue weighted by atomic mass is 35.5. The zero-order chi connectivity index (χ0) is 19.7. The van der Waals surface area contributed by atoms with Crippen molar-refractivity contribution in [2.75, 3.05) is 17.3 Å². The van der Waals surface area contributed by atoms with E-state index in [0.717, 1.165) is 28.1 Å². The SMILES string of the molecule is Cc1ccccc1N(C)C1N=C(c2ccccc2)c2cc(Cl)ccc2NC1=O. The lowest BCUT2D eigenvalue weighted by molar-refractivity contribution is -0.117. The molecule has 0 saturated heterocycles. The lowest BCUT2D eigenvalue weighted by Crippen LogP contribution is -2.40. The van der Waals surface area contributed by atoms with E-state index in [2.05, 4.69) is 5.32 Å². The van der Waals surface area contributed by atoms with Gasteiger partial charge in [-0.1, -0.05) is 60.1 Å². The molecule has 1 aliphatic rings. The number of hydrogen-bond acceptors (Lipinski definition) is 3. The first-order valence-corrected chi connectivity index (χ1v) is 9.45. The molecule has 0 saturated carbocycles. The van der Waals surface area contributed by atoms with Crippen molar-refractivity contribution >= 4 is 34.6 Å². The summed E-state index contributed by atoms with van der Waals surface area (Å²) in [4.78, 5) is 19.9. The lowest BCUT2D eigenvalue weighted by atomic mass is 10.0. The molecular weight excluding hydrogens is 370 g/mol. The maximum Gasteiger partial charge on any atom is 0.269 e. The second kappa shape index (κ2) is 7.49. The first kappa shape index (κ1) is 18.3. The standard InChI is InChI=1S/C23H20ClN3O/c1-15-8-6-7-11-20(15)27(2)22-23(28)25-19-13-12-17(24)14-18(19)21(26-22)16-9-4-3-5-10-16/h3-14,22H,1-2H3,(H,25,28). The van der Waals surface area contributed by atoms with E-state index in [1.807, 2.05) is 85.6 Å². The maximum absolute atomic E-state index is 13.1. The number of anilines is 2. The van der Waals surface area contributed by atoms with Crippen molar-refractivity contribution in [1.29, 1.82) is 0 Å². The summed E-state index contributed by atoms with van der Waals surface area (Å²) in [6, 6.07) is 23.3. The third-order valence-electron chi connectivity index (χ3n) is 4.89. The topological polar surface area (TPSA) is 44.7 Å². The van der Waals surface area contributed by atoms with Gasteiger partial charge in [0.2, 0.25) is 6.17 Å². The summed E-state index contributed by atoms with van der Waals surface area (Å²) in [6.45, 7) is 2.02. The van der Waals surface area contributed by atoms with Gasteiger partial charge in [0.05, 0.1) is 11.4 Å². The average molecular weight is 390 g/mol. The maximum atomic E-state index is 13.1. The molecule has 1 aliphatic heterocycles. The number of halogens is 1. The van der Waals surface area contributed by atoms with E-state index in [4.69, 9.17) is 16.6 Å². The predicted molar refractivity (Wildman–Crippen MR) is 116 cm³/mol. The van der Waals surface area contributed by atoms with Gasteiger partial charge >= 0.3 is 0 Å². The molecule has 1 heterocycles. The molecule has 0 spiro atoms. The fraction of sp³-hybridized carbons (Fsp3) is 0.130. The van der Waals surface area contributed by atoms with Crippen LogP contribution >= 0.6 is 11.6 Å². The second-order valence-corrected chi connectivity index (χ2v) is 7.23. The van der Waals surface area contributed by atoms with E-state index in [1.165, 1.54) is 0 Å². The smallest absolute Gasteiger partial charge is 0.269 e. The van der Waals surface area contributed by atoms with Gasteiger partial charge in [-0.2, -0.15) is 0 Å². The predicted octanol–water partition coefficient (Wildman–Crippen LogP) is 4.90. The minimum atomic E-state index is -0.706. The first-order chi connectivity index (χ1) is 13.5. The fourth-order valence-corrected chi connectivity index (χ4v) is 3.62. The Hall–Kier alpha value is -3.11. The molecule has 1 atom stereocenters. The molecule has 1 N–H and O–H groups in total. The number of nitrogens with zero attached hydrogens (tertiary/aromatic N) is 2. The number of amides is 1. The van der Waals surface area contributed by atoms with Crippen LogP contribution in [-0.4, -0.2) is 24.8 Å². The quantitative estimate of drug-likeness (QED) is 0.692. The summed E-state index contributed by atoms with van der Waals surface area (Å²) in [5.74, 6) is -0.180. The van der Waals surface area contributed by atoms with Crippen LogP contribution in [0.3, 0.4) is 0 Å². The van der Waals surface area contributed by atoms with Crippen LogP contribution in [0.1, 0.15) is 16.7 Å². The molecular formula is C23H20ClN3O. The summed E-state index contributed by atoms with van der Waals surface area (Å²) in [5, 5.41) is 3.62. The summed E-state index contributed by atoms with van der Waals surface area (Å²) in [5.41, 5.74) is 5.24. The zero-order valence-electron chi connectivity index (χ0n) is 15.7. The summed E-state index contributed by atoms with van der Waals surface area (Å²) >= 11 is 6.26. The number of hydrogen-bond donors (Lipinski definition) is 1. The van der Waals surface area contributed by atoms with Crippen molar-refractivity contribution < 1.29 is 4.79 Å². The molecule has 3 aromatic carbocycles. The molecule has 1 amide bonds. The van der Waals surface area contributed by atoms with Crippen molar-refractivity contribution in [3.8, 4) is 0 Å². The van der Waals surface area contributed by atoms with Crippen molar-refractivity contribution in [1.82, 2.24) is 0 Å². The number of carbonyl (C=O) groups excluding carboxylic acids is 1. The number of nitrogens with one attached hydrogen (secondary N) is 1. The van der Waals surface area contributed by atoms with Gasteiger partial charge in [0.25, 0.3) is 5.91 Å². The monoisotopic (exact) mass is 389 g/mol. The van der Waals surface area contributed by atoms with Gasteiger partial charge in [0.1, 0.15) is 0 Å². The Balaban J connectivity index is 1.88. The summed E-state index contributed by atoms with van der Waals surface area (Å²) < 4.78 is 0. The third kappa shape index (κ3) is 3.39. The Labute approximate surface area is 169 Å². The minimum Gasteiger partial charge on any atom is -0.345 e. The fourth-order valence-electron chi connectivity index (χ4n) is 3.45. The van der Waals surface area contributed by atoms with Crippen LogP contribution in [0.4, 0.5) is 11.4 Å². The second-order valence-electron chi connectivity index (χ2n) is 6.79. The number of aryl methyl sites for hydroxylation is 1. The molecule has 0 radical (unpaired) electrons. The molecule has 0 aliphatic carbocycles. The van der Waals surface area contributed by atoms with Gasteiger partial charge in [-0.15, -0.1) is 0 Å². The highest BCUT2D eigenvalue weighted by molar-refractivity contribution is 6.32. The molecule has 0 fully saturated rings. The Morgan fingerprint density at radius 1 is 1.00 bits per heavy atom. The molecule has 1 unspecified atom stereocenters. The molecule has 0 aromatic heterocycles. The van der Waals surface area contributed by atoms with Crippen LogP contribution in [0.25, 0.3) is 0 Å². The minimum absolute atomic E-state index is 0.180. The number of aliphatic imine (C=N–C) groups is 1. The lowest BCUT2D eigenvalue weighted by Gasteiger charge is -2.27. The normalized spacial score (nSPS) is 15.9. The van der Waals surface area contributed by atoms with Gasteiger partial charge in [-0.3, -0.25) is 4.79 Å². The van der Waals surface area contributed by atoms with Crippen LogP contribution in [0.5, 0.6) is 0 Å². The molecule has 4 rings (SSSR count). The Morgan fingerprint density at radius 2 is 1.71 bits per heavy atom. The van der Waals surface area contributed by atoms with Crippen LogP contribution < -0.4 is 10.2 Å². The van der Waals surface area contributed by atoms with E-state index in [1.54, 1.807) is 6.07 Å². The van der Waals surface area contributed by atoms with Crippen molar-refractivity contribution in [2.24, 2.45) is 4.99 Å². The molecule has 4 nitrogen and oxygen atoms in total. The van der Waals surface area contributed by atoms with E-state index in [9.17, 15) is 4.79 Å². The van der Waals surface area contributed by atoms with Crippen LogP contribution in [0.15, 0.2) is 77.8 Å². The number of benzodiazepines with no additional fused rings is 1. The van der Waals surface area contributed by atoms with E-state index >= 15 is 0 Å². The average Bonchev–Trinajstić information content (AvgIpc) is 2.84. The number of carbonyl (C=O) groups is 1. The Kier molecular flexibility index (Phi) is 4.88. The van der Waals surface area contributed by atoms with Crippen LogP contribution in [0, 0.1) is 6.92 Å². The highest BCUT2D eigenvalue weighted by Gasteiger charge is 2.29. The van der Waals surface area contributed by atoms with Gasteiger partial charge in [-0.25, -0.2) is 4.99 Å². The third-order valence-corrected chi connectivity index (χ3v) is 5.13. The van der Waals surface area contributed by atoms with Crippen molar-refractivity contribution in [3.05, 3.63) is 94.5 Å². The summed E-state index contributed by atoms with van der Waals surface area (Å²) in [7, 11) is 1.89. The Bertz CT molecular complexity index is 1060. The first-order valence-electron chi connectivity index (χ1n) is 9.07. The highest BCUT2D eigenvalue weighted by Crippen LogP contribution is 2.29. The molecule has 140 valence electrons. The number of benzene rings is 3.